The van der Waals surface area contributed by atoms with E-state index in [1.165, 1.54) is 19.2 Å². The van der Waals surface area contributed by atoms with Crippen molar-refractivity contribution >= 4 is 30.2 Å². The third-order valence-corrected chi connectivity index (χ3v) is 8.56. The summed E-state index contributed by atoms with van der Waals surface area (Å²) in [6.45, 7) is 10.7. The van der Waals surface area contributed by atoms with Gasteiger partial charge < -0.3 is 14.3 Å². The summed E-state index contributed by atoms with van der Waals surface area (Å²) >= 11 is 3.38. The van der Waals surface area contributed by atoms with Gasteiger partial charge in [0.1, 0.15) is 0 Å². The van der Waals surface area contributed by atoms with E-state index >= 15 is 0 Å². The Balaban J connectivity index is 3.29. The van der Waals surface area contributed by atoms with E-state index in [0.29, 0.717) is 16.0 Å². The summed E-state index contributed by atoms with van der Waals surface area (Å²) in [5.41, 5.74) is 0.163. The average molecular weight is 361 g/mol. The van der Waals surface area contributed by atoms with Crippen LogP contribution < -0.4 is 9.16 Å². The monoisotopic (exact) mass is 360 g/mol. The van der Waals surface area contributed by atoms with Gasteiger partial charge in [-0.1, -0.05) is 20.8 Å². The standard InChI is InChI=1S/C14H21BrO4Si/c1-14(2,3)20(5,6)19-12-10(15)7-9(13(16)17)8-11(12)18-4/h7-8H,1-6H3,(H,16,17). The maximum absolute atomic E-state index is 11.1. The molecule has 0 radical (unpaired) electrons. The maximum Gasteiger partial charge on any atom is 0.335 e. The first-order valence-electron chi connectivity index (χ1n) is 6.29. The summed E-state index contributed by atoms with van der Waals surface area (Å²) in [5.74, 6) is 0.00793. The van der Waals surface area contributed by atoms with E-state index in [1.807, 2.05) is 0 Å². The number of carboxylic acids is 1. The van der Waals surface area contributed by atoms with Gasteiger partial charge in [-0.15, -0.1) is 0 Å². The van der Waals surface area contributed by atoms with Crippen molar-refractivity contribution in [2.45, 2.75) is 38.9 Å². The molecule has 4 nitrogen and oxygen atoms in total. The predicted octanol–water partition coefficient (Wildman–Crippen LogP) is 4.54. The average Bonchev–Trinajstić information content (AvgIpc) is 2.29. The van der Waals surface area contributed by atoms with Gasteiger partial charge in [-0.3, -0.25) is 0 Å². The Morgan fingerprint density at radius 3 is 2.25 bits per heavy atom. The normalized spacial score (nSPS) is 12.2. The van der Waals surface area contributed by atoms with Gasteiger partial charge in [-0.05, 0) is 46.2 Å². The number of methoxy groups -OCH3 is 1. The van der Waals surface area contributed by atoms with E-state index in [9.17, 15) is 4.79 Å². The molecule has 0 aliphatic rings. The third kappa shape index (κ3) is 3.55. The first-order chi connectivity index (χ1) is 8.99. The Bertz CT molecular complexity index is 521. The highest BCUT2D eigenvalue weighted by molar-refractivity contribution is 9.10. The summed E-state index contributed by atoms with van der Waals surface area (Å²) in [4.78, 5) is 11.1. The molecule has 6 heteroatoms. The van der Waals surface area contributed by atoms with Crippen molar-refractivity contribution in [1.82, 2.24) is 0 Å². The van der Waals surface area contributed by atoms with Crippen LogP contribution in [0.2, 0.25) is 18.1 Å². The zero-order chi connectivity index (χ0) is 15.7. The molecule has 0 bridgehead atoms. The third-order valence-electron chi connectivity index (χ3n) is 3.64. The van der Waals surface area contributed by atoms with Crippen molar-refractivity contribution in [1.29, 1.82) is 0 Å². The molecular weight excluding hydrogens is 340 g/mol. The molecule has 0 saturated heterocycles. The fourth-order valence-electron chi connectivity index (χ4n) is 1.35. The maximum atomic E-state index is 11.1. The van der Waals surface area contributed by atoms with E-state index in [-0.39, 0.29) is 10.6 Å². The Morgan fingerprint density at radius 1 is 1.30 bits per heavy atom. The minimum absolute atomic E-state index is 0.0446. The fourth-order valence-corrected chi connectivity index (χ4v) is 3.05. The summed E-state index contributed by atoms with van der Waals surface area (Å²) in [6, 6.07) is 3.02. The quantitative estimate of drug-likeness (QED) is 0.800. The van der Waals surface area contributed by atoms with Gasteiger partial charge in [0.25, 0.3) is 8.32 Å². The molecule has 0 fully saturated rings. The Morgan fingerprint density at radius 2 is 1.85 bits per heavy atom. The number of carbonyl (C=O) groups is 1. The molecule has 20 heavy (non-hydrogen) atoms. The zero-order valence-corrected chi connectivity index (χ0v) is 15.3. The van der Waals surface area contributed by atoms with Crippen molar-refractivity contribution in [3.63, 3.8) is 0 Å². The fraction of sp³-hybridized carbons (Fsp3) is 0.500. The molecule has 0 aliphatic heterocycles. The molecule has 0 aromatic heterocycles. The minimum atomic E-state index is -2.03. The summed E-state index contributed by atoms with van der Waals surface area (Å²) in [6.07, 6.45) is 0. The van der Waals surface area contributed by atoms with E-state index in [0.717, 1.165) is 0 Å². The van der Waals surface area contributed by atoms with Crippen LogP contribution in [0.4, 0.5) is 0 Å². The Labute approximate surface area is 129 Å². The van der Waals surface area contributed by atoms with Crippen molar-refractivity contribution in [3.8, 4) is 11.5 Å². The van der Waals surface area contributed by atoms with Crippen LogP contribution in [0.25, 0.3) is 0 Å². The lowest BCUT2D eigenvalue weighted by Crippen LogP contribution is -2.44. The molecule has 0 heterocycles. The zero-order valence-electron chi connectivity index (χ0n) is 12.7. The van der Waals surface area contributed by atoms with Gasteiger partial charge in [0.2, 0.25) is 0 Å². The van der Waals surface area contributed by atoms with Gasteiger partial charge in [0.15, 0.2) is 11.5 Å². The molecule has 112 valence electrons. The molecule has 0 spiro atoms. The van der Waals surface area contributed by atoms with Crippen LogP contribution in [-0.2, 0) is 0 Å². The predicted molar refractivity (Wildman–Crippen MR) is 85.5 cm³/mol. The first-order valence-corrected chi connectivity index (χ1v) is 9.99. The number of benzene rings is 1. The van der Waals surface area contributed by atoms with Crippen molar-refractivity contribution in [2.75, 3.05) is 7.11 Å². The molecular formula is C14H21BrO4Si. The van der Waals surface area contributed by atoms with Gasteiger partial charge in [-0.2, -0.15) is 0 Å². The van der Waals surface area contributed by atoms with Crippen LogP contribution in [0.3, 0.4) is 0 Å². The van der Waals surface area contributed by atoms with Gasteiger partial charge >= 0.3 is 5.97 Å². The second-order valence-corrected chi connectivity index (χ2v) is 11.7. The lowest BCUT2D eigenvalue weighted by atomic mass is 10.2. The molecule has 1 aromatic carbocycles. The smallest absolute Gasteiger partial charge is 0.335 e. The van der Waals surface area contributed by atoms with Crippen molar-refractivity contribution in [2.24, 2.45) is 0 Å². The number of ether oxygens (including phenoxy) is 1. The van der Waals surface area contributed by atoms with Crippen molar-refractivity contribution < 1.29 is 19.1 Å². The number of halogens is 1. The topological polar surface area (TPSA) is 55.8 Å². The Kier molecular flexibility index (Phi) is 4.92. The molecule has 0 amide bonds. The molecule has 1 aromatic rings. The number of rotatable bonds is 4. The number of aromatic carboxylic acids is 1. The minimum Gasteiger partial charge on any atom is -0.540 e. The van der Waals surface area contributed by atoms with Gasteiger partial charge in [0, 0.05) is 0 Å². The first kappa shape index (κ1) is 17.0. The van der Waals surface area contributed by atoms with Crippen LogP contribution in [0, 0.1) is 0 Å². The van der Waals surface area contributed by atoms with Gasteiger partial charge in [-0.25, -0.2) is 4.79 Å². The second kappa shape index (κ2) is 5.77. The SMILES string of the molecule is COc1cc(C(=O)O)cc(Br)c1O[Si](C)(C)C(C)(C)C. The summed E-state index contributed by atoms with van der Waals surface area (Å²) in [7, 11) is -0.521. The highest BCUT2D eigenvalue weighted by Crippen LogP contribution is 2.43. The van der Waals surface area contributed by atoms with E-state index in [1.54, 1.807) is 0 Å². The van der Waals surface area contributed by atoms with Crippen LogP contribution in [0.15, 0.2) is 16.6 Å². The van der Waals surface area contributed by atoms with Crippen LogP contribution in [-0.4, -0.2) is 26.5 Å². The molecule has 1 N–H and O–H groups in total. The van der Waals surface area contributed by atoms with Crippen LogP contribution in [0.5, 0.6) is 11.5 Å². The van der Waals surface area contributed by atoms with Crippen LogP contribution in [0.1, 0.15) is 31.1 Å². The number of hydrogen-bond donors (Lipinski definition) is 1. The van der Waals surface area contributed by atoms with Gasteiger partial charge in [0.05, 0.1) is 17.1 Å². The van der Waals surface area contributed by atoms with E-state index in [2.05, 4.69) is 49.8 Å². The largest absolute Gasteiger partial charge is 0.540 e. The second-order valence-electron chi connectivity index (χ2n) is 6.16. The number of carboxylic acid groups (broad SMARTS) is 1. The number of hydrogen-bond acceptors (Lipinski definition) is 3. The highest BCUT2D eigenvalue weighted by atomic mass is 79.9. The van der Waals surface area contributed by atoms with E-state index in [4.69, 9.17) is 14.3 Å². The summed E-state index contributed by atoms with van der Waals surface area (Å²) < 4.78 is 12.1. The lowest BCUT2D eigenvalue weighted by molar-refractivity contribution is 0.0696. The summed E-state index contributed by atoms with van der Waals surface area (Å²) in [5, 5.41) is 9.12. The van der Waals surface area contributed by atoms with E-state index < -0.39 is 14.3 Å². The lowest BCUT2D eigenvalue weighted by Gasteiger charge is -2.37. The molecule has 0 aliphatic carbocycles. The molecule has 0 unspecified atom stereocenters. The highest BCUT2D eigenvalue weighted by Gasteiger charge is 2.40. The van der Waals surface area contributed by atoms with Crippen LogP contribution >= 0.6 is 15.9 Å². The Hall–Kier alpha value is -1.01. The molecule has 0 saturated carbocycles. The molecule has 0 atom stereocenters. The molecule has 1 rings (SSSR count). The van der Waals surface area contributed by atoms with Crippen molar-refractivity contribution in [3.05, 3.63) is 22.2 Å².